The topological polar surface area (TPSA) is 3.24 Å². The van der Waals surface area contributed by atoms with Crippen molar-refractivity contribution < 1.29 is 0 Å². The van der Waals surface area contributed by atoms with Crippen molar-refractivity contribution in [2.75, 3.05) is 11.4 Å². The van der Waals surface area contributed by atoms with Gasteiger partial charge in [-0.15, -0.1) is 0 Å². The number of nitrogens with zero attached hydrogens (tertiary/aromatic N) is 1. The first-order valence-electron chi connectivity index (χ1n) is 6.09. The summed E-state index contributed by atoms with van der Waals surface area (Å²) in [6.07, 6.45) is 2.60. The lowest BCUT2D eigenvalue weighted by Gasteiger charge is -2.24. The molecule has 0 fully saturated rings. The van der Waals surface area contributed by atoms with E-state index in [9.17, 15) is 0 Å². The fourth-order valence-corrected chi connectivity index (χ4v) is 2.61. The Kier molecular flexibility index (Phi) is 2.99. The highest BCUT2D eigenvalue weighted by Crippen LogP contribution is 2.39. The van der Waals surface area contributed by atoms with Crippen molar-refractivity contribution in [2.45, 2.75) is 45.6 Å². The third-order valence-corrected chi connectivity index (χ3v) is 3.36. The molecule has 0 radical (unpaired) electrons. The molecule has 1 aromatic carbocycles. The van der Waals surface area contributed by atoms with E-state index >= 15 is 0 Å². The quantitative estimate of drug-likeness (QED) is 0.722. The summed E-state index contributed by atoms with van der Waals surface area (Å²) in [5, 5.41) is 0. The summed E-state index contributed by atoms with van der Waals surface area (Å²) in [5.74, 6) is 0.758. The lowest BCUT2D eigenvalue weighted by atomic mass is 9.97. The highest BCUT2D eigenvalue weighted by Gasteiger charge is 2.28. The van der Waals surface area contributed by atoms with Crippen molar-refractivity contribution in [3.63, 3.8) is 0 Å². The molecule has 1 unspecified atom stereocenters. The van der Waals surface area contributed by atoms with E-state index in [0.717, 1.165) is 5.92 Å². The fraction of sp³-hybridized carbons (Fsp3) is 0.571. The first-order valence-corrected chi connectivity index (χ1v) is 6.09. The molecule has 0 saturated heterocycles. The molecule has 82 valence electrons. The zero-order valence-electron chi connectivity index (χ0n) is 10.0. The van der Waals surface area contributed by atoms with Crippen LogP contribution >= 0.6 is 0 Å². The van der Waals surface area contributed by atoms with Crippen LogP contribution in [0, 0.1) is 0 Å². The van der Waals surface area contributed by atoms with Gasteiger partial charge in [0.15, 0.2) is 0 Å². The summed E-state index contributed by atoms with van der Waals surface area (Å²) in [7, 11) is 0. The zero-order chi connectivity index (χ0) is 10.8. The molecule has 1 heteroatoms. The minimum Gasteiger partial charge on any atom is -0.368 e. The van der Waals surface area contributed by atoms with Gasteiger partial charge in [0.2, 0.25) is 0 Å². The molecule has 15 heavy (non-hydrogen) atoms. The third kappa shape index (κ3) is 1.88. The van der Waals surface area contributed by atoms with Crippen LogP contribution in [0.1, 0.15) is 45.1 Å². The molecule has 1 aromatic rings. The largest absolute Gasteiger partial charge is 0.368 e. The third-order valence-electron chi connectivity index (χ3n) is 3.36. The van der Waals surface area contributed by atoms with Gasteiger partial charge < -0.3 is 4.90 Å². The Hall–Kier alpha value is -0.980. The summed E-state index contributed by atoms with van der Waals surface area (Å²) in [6.45, 7) is 8.06. The Morgan fingerprint density at radius 1 is 1.33 bits per heavy atom. The SMILES string of the molecule is CCCC1CN(C(C)C)c2ccccc21. The van der Waals surface area contributed by atoms with Crippen molar-refractivity contribution in [2.24, 2.45) is 0 Å². The molecule has 0 bridgehead atoms. The maximum Gasteiger partial charge on any atom is 0.0404 e. The van der Waals surface area contributed by atoms with E-state index in [2.05, 4.69) is 49.9 Å². The second-order valence-corrected chi connectivity index (χ2v) is 4.79. The Balaban J connectivity index is 2.31. The minimum absolute atomic E-state index is 0.619. The Labute approximate surface area is 93.1 Å². The van der Waals surface area contributed by atoms with Crippen LogP contribution in [0.5, 0.6) is 0 Å². The Morgan fingerprint density at radius 2 is 2.07 bits per heavy atom. The molecule has 1 heterocycles. The molecule has 1 aliphatic rings. The molecule has 0 N–H and O–H groups in total. The van der Waals surface area contributed by atoms with Gasteiger partial charge in [0.25, 0.3) is 0 Å². The average Bonchev–Trinajstić information content (AvgIpc) is 2.59. The molecule has 0 aliphatic carbocycles. The molecule has 1 aliphatic heterocycles. The first-order chi connectivity index (χ1) is 7.24. The van der Waals surface area contributed by atoms with E-state index in [1.165, 1.54) is 25.1 Å². The number of para-hydroxylation sites is 1. The van der Waals surface area contributed by atoms with E-state index in [-0.39, 0.29) is 0 Å². The number of hydrogen-bond donors (Lipinski definition) is 0. The average molecular weight is 203 g/mol. The molecule has 0 amide bonds. The Bertz CT molecular complexity index is 330. The van der Waals surface area contributed by atoms with E-state index in [1.807, 2.05) is 0 Å². The zero-order valence-corrected chi connectivity index (χ0v) is 10.0. The van der Waals surface area contributed by atoms with Crippen LogP contribution in [0.4, 0.5) is 5.69 Å². The molecular formula is C14H21N. The second-order valence-electron chi connectivity index (χ2n) is 4.79. The van der Waals surface area contributed by atoms with E-state index in [0.29, 0.717) is 6.04 Å². The van der Waals surface area contributed by atoms with Crippen molar-refractivity contribution >= 4 is 5.69 Å². The number of rotatable bonds is 3. The standard InChI is InChI=1S/C14H21N/c1-4-7-12-10-15(11(2)3)14-9-6-5-8-13(12)14/h5-6,8-9,11-12H,4,7,10H2,1-3H3. The maximum absolute atomic E-state index is 2.54. The van der Waals surface area contributed by atoms with Gasteiger partial charge in [0.05, 0.1) is 0 Å². The first kappa shape index (κ1) is 10.5. The molecule has 0 saturated carbocycles. The fourth-order valence-electron chi connectivity index (χ4n) is 2.61. The lowest BCUT2D eigenvalue weighted by Crippen LogP contribution is -2.29. The van der Waals surface area contributed by atoms with Crippen molar-refractivity contribution in [1.82, 2.24) is 0 Å². The molecular weight excluding hydrogens is 182 g/mol. The van der Waals surface area contributed by atoms with Gasteiger partial charge in [-0.2, -0.15) is 0 Å². The second kappa shape index (κ2) is 4.26. The van der Waals surface area contributed by atoms with Gasteiger partial charge in [-0.1, -0.05) is 31.5 Å². The van der Waals surface area contributed by atoms with E-state index in [1.54, 1.807) is 5.56 Å². The molecule has 0 spiro atoms. The predicted octanol–water partition coefficient (Wildman–Crippen LogP) is 3.80. The van der Waals surface area contributed by atoms with Gasteiger partial charge in [-0.25, -0.2) is 0 Å². The van der Waals surface area contributed by atoms with Gasteiger partial charge in [-0.05, 0) is 31.9 Å². The molecule has 1 atom stereocenters. The summed E-state index contributed by atoms with van der Waals surface area (Å²) in [6, 6.07) is 9.52. The van der Waals surface area contributed by atoms with Crippen molar-refractivity contribution in [1.29, 1.82) is 0 Å². The molecule has 0 aromatic heterocycles. The van der Waals surface area contributed by atoms with Crippen LogP contribution in [0.3, 0.4) is 0 Å². The van der Waals surface area contributed by atoms with Crippen LogP contribution in [0.15, 0.2) is 24.3 Å². The summed E-state index contributed by atoms with van der Waals surface area (Å²) in [5.41, 5.74) is 3.03. The van der Waals surface area contributed by atoms with Gasteiger partial charge in [-0.3, -0.25) is 0 Å². The number of anilines is 1. The normalized spacial score (nSPS) is 19.7. The van der Waals surface area contributed by atoms with Crippen LogP contribution in [0.2, 0.25) is 0 Å². The van der Waals surface area contributed by atoms with Crippen molar-refractivity contribution in [3.05, 3.63) is 29.8 Å². The number of fused-ring (bicyclic) bond motifs is 1. The summed E-state index contributed by atoms with van der Waals surface area (Å²) in [4.78, 5) is 2.54. The maximum atomic E-state index is 2.54. The van der Waals surface area contributed by atoms with Gasteiger partial charge in [0, 0.05) is 24.2 Å². The summed E-state index contributed by atoms with van der Waals surface area (Å²) < 4.78 is 0. The van der Waals surface area contributed by atoms with E-state index < -0.39 is 0 Å². The number of benzene rings is 1. The molecule has 1 nitrogen and oxygen atoms in total. The van der Waals surface area contributed by atoms with Gasteiger partial charge in [0.1, 0.15) is 0 Å². The van der Waals surface area contributed by atoms with Crippen molar-refractivity contribution in [3.8, 4) is 0 Å². The highest BCUT2D eigenvalue weighted by molar-refractivity contribution is 5.60. The molecule has 2 rings (SSSR count). The van der Waals surface area contributed by atoms with E-state index in [4.69, 9.17) is 0 Å². The van der Waals surface area contributed by atoms with Crippen LogP contribution in [-0.4, -0.2) is 12.6 Å². The van der Waals surface area contributed by atoms with Crippen LogP contribution in [-0.2, 0) is 0 Å². The Morgan fingerprint density at radius 3 is 2.73 bits per heavy atom. The van der Waals surface area contributed by atoms with Crippen LogP contribution < -0.4 is 4.90 Å². The lowest BCUT2D eigenvalue weighted by molar-refractivity contribution is 0.599. The predicted molar refractivity (Wildman–Crippen MR) is 66.6 cm³/mol. The minimum atomic E-state index is 0.619. The van der Waals surface area contributed by atoms with Crippen LogP contribution in [0.25, 0.3) is 0 Å². The number of hydrogen-bond acceptors (Lipinski definition) is 1. The smallest absolute Gasteiger partial charge is 0.0404 e. The summed E-state index contributed by atoms with van der Waals surface area (Å²) >= 11 is 0. The highest BCUT2D eigenvalue weighted by atomic mass is 15.2. The van der Waals surface area contributed by atoms with Gasteiger partial charge >= 0.3 is 0 Å². The monoisotopic (exact) mass is 203 g/mol.